The first-order chi connectivity index (χ1) is 11.7. The van der Waals surface area contributed by atoms with Crippen molar-refractivity contribution in [2.75, 3.05) is 18.0 Å². The second-order valence-corrected chi connectivity index (χ2v) is 6.26. The van der Waals surface area contributed by atoms with E-state index in [2.05, 4.69) is 20.9 Å². The van der Waals surface area contributed by atoms with Crippen molar-refractivity contribution in [1.29, 1.82) is 0 Å². The number of carbonyl (C=O) groups is 1. The largest absolute Gasteiger partial charge is 0.363 e. The number of aromatic nitrogens is 1. The SMILES string of the molecule is O=C(/C=C/N1CC2=C[C@@H]1CN2c1ccccn1)c1ccccc1Cl. The van der Waals surface area contributed by atoms with Crippen LogP contribution in [0.25, 0.3) is 0 Å². The van der Waals surface area contributed by atoms with Gasteiger partial charge in [0.1, 0.15) is 5.82 Å². The first-order valence-electron chi connectivity index (χ1n) is 7.84. The average Bonchev–Trinajstić information content (AvgIpc) is 3.21. The van der Waals surface area contributed by atoms with Gasteiger partial charge in [0.15, 0.2) is 5.78 Å². The van der Waals surface area contributed by atoms with E-state index in [1.807, 2.05) is 42.7 Å². The maximum atomic E-state index is 12.3. The van der Waals surface area contributed by atoms with Crippen molar-refractivity contribution in [2.24, 2.45) is 0 Å². The van der Waals surface area contributed by atoms with Gasteiger partial charge in [-0.25, -0.2) is 4.98 Å². The van der Waals surface area contributed by atoms with Crippen LogP contribution in [-0.2, 0) is 0 Å². The number of piperazine rings is 1. The fourth-order valence-electron chi connectivity index (χ4n) is 3.14. The summed E-state index contributed by atoms with van der Waals surface area (Å²) < 4.78 is 0. The van der Waals surface area contributed by atoms with Crippen molar-refractivity contribution >= 4 is 23.2 Å². The molecule has 1 aromatic carbocycles. The Hall–Kier alpha value is -2.59. The predicted molar refractivity (Wildman–Crippen MR) is 95.1 cm³/mol. The smallest absolute Gasteiger partial charge is 0.188 e. The molecule has 0 unspecified atom stereocenters. The van der Waals surface area contributed by atoms with Gasteiger partial charge in [0.25, 0.3) is 0 Å². The Morgan fingerprint density at radius 1 is 1.21 bits per heavy atom. The summed E-state index contributed by atoms with van der Waals surface area (Å²) in [5.41, 5.74) is 1.76. The Morgan fingerprint density at radius 3 is 2.75 bits per heavy atom. The number of rotatable bonds is 4. The molecule has 0 amide bonds. The highest BCUT2D eigenvalue weighted by molar-refractivity contribution is 6.34. The van der Waals surface area contributed by atoms with E-state index in [0.29, 0.717) is 10.6 Å². The van der Waals surface area contributed by atoms with E-state index in [1.165, 1.54) is 5.70 Å². The highest BCUT2D eigenvalue weighted by Crippen LogP contribution is 2.31. The second kappa shape index (κ2) is 6.13. The molecule has 0 N–H and O–H groups in total. The summed E-state index contributed by atoms with van der Waals surface area (Å²) in [4.78, 5) is 21.1. The third-order valence-electron chi connectivity index (χ3n) is 4.35. The van der Waals surface area contributed by atoms with E-state index in [1.54, 1.807) is 18.2 Å². The number of halogens is 1. The van der Waals surface area contributed by atoms with E-state index in [-0.39, 0.29) is 11.8 Å². The third kappa shape index (κ3) is 2.69. The van der Waals surface area contributed by atoms with Gasteiger partial charge in [-0.05, 0) is 30.3 Å². The van der Waals surface area contributed by atoms with Crippen LogP contribution in [0.5, 0.6) is 0 Å². The van der Waals surface area contributed by atoms with Crippen molar-refractivity contribution in [1.82, 2.24) is 9.88 Å². The van der Waals surface area contributed by atoms with Crippen LogP contribution in [0.1, 0.15) is 10.4 Å². The summed E-state index contributed by atoms with van der Waals surface area (Å²) in [7, 11) is 0. The van der Waals surface area contributed by atoms with Gasteiger partial charge in [-0.1, -0.05) is 29.8 Å². The maximum Gasteiger partial charge on any atom is 0.188 e. The summed E-state index contributed by atoms with van der Waals surface area (Å²) in [6.45, 7) is 1.64. The first kappa shape index (κ1) is 15.0. The van der Waals surface area contributed by atoms with Crippen LogP contribution in [-0.4, -0.2) is 34.8 Å². The molecule has 4 rings (SSSR count). The van der Waals surface area contributed by atoms with Crippen LogP contribution in [0, 0.1) is 0 Å². The molecular weight excluding hydrogens is 322 g/mol. The van der Waals surface area contributed by atoms with Gasteiger partial charge < -0.3 is 9.80 Å². The molecule has 120 valence electrons. The lowest BCUT2D eigenvalue weighted by molar-refractivity contribution is 0.104. The number of fused-ring (bicyclic) bond motifs is 1. The topological polar surface area (TPSA) is 36.4 Å². The molecule has 1 atom stereocenters. The van der Waals surface area contributed by atoms with Gasteiger partial charge in [-0.15, -0.1) is 0 Å². The van der Waals surface area contributed by atoms with Crippen molar-refractivity contribution in [3.8, 4) is 0 Å². The Morgan fingerprint density at radius 2 is 2.04 bits per heavy atom. The Kier molecular flexibility index (Phi) is 3.82. The molecule has 2 aliphatic heterocycles. The van der Waals surface area contributed by atoms with Gasteiger partial charge in [0, 0.05) is 36.3 Å². The number of hydrogen-bond acceptors (Lipinski definition) is 4. The average molecular weight is 338 g/mol. The molecule has 2 aromatic rings. The molecule has 5 heteroatoms. The standard InChI is InChI=1S/C19H16ClN3O/c20-17-6-2-1-5-16(17)18(24)8-10-22-12-15-11-14(22)13-23(15)19-7-3-4-9-21-19/h1-11,14H,12-13H2/b10-8+/t14-/m1/s1. The van der Waals surface area contributed by atoms with Crippen molar-refractivity contribution in [3.05, 3.63) is 83.3 Å². The van der Waals surface area contributed by atoms with Crippen LogP contribution >= 0.6 is 11.6 Å². The molecule has 0 spiro atoms. The van der Waals surface area contributed by atoms with Gasteiger partial charge in [0.05, 0.1) is 17.6 Å². The van der Waals surface area contributed by atoms with Crippen LogP contribution in [0.3, 0.4) is 0 Å². The molecule has 0 saturated heterocycles. The fraction of sp³-hybridized carbons (Fsp3) is 0.158. The van der Waals surface area contributed by atoms with E-state index in [4.69, 9.17) is 11.6 Å². The molecule has 2 bridgehead atoms. The first-order valence-corrected chi connectivity index (χ1v) is 8.22. The van der Waals surface area contributed by atoms with Crippen LogP contribution in [0.2, 0.25) is 5.02 Å². The molecule has 24 heavy (non-hydrogen) atoms. The van der Waals surface area contributed by atoms with Gasteiger partial charge in [-0.2, -0.15) is 0 Å². The number of pyridine rings is 1. The normalized spacial score (nSPS) is 19.2. The highest BCUT2D eigenvalue weighted by atomic mass is 35.5. The van der Waals surface area contributed by atoms with Crippen molar-refractivity contribution in [2.45, 2.75) is 6.04 Å². The molecule has 2 aliphatic rings. The molecule has 3 heterocycles. The lowest BCUT2D eigenvalue weighted by atomic mass is 10.1. The van der Waals surface area contributed by atoms with Gasteiger partial charge in [-0.3, -0.25) is 4.79 Å². The number of carbonyl (C=O) groups excluding carboxylic acids is 1. The van der Waals surface area contributed by atoms with E-state index in [0.717, 1.165) is 18.9 Å². The molecule has 0 fully saturated rings. The molecule has 1 aromatic heterocycles. The third-order valence-corrected chi connectivity index (χ3v) is 4.68. The predicted octanol–water partition coefficient (Wildman–Crippen LogP) is 3.52. The zero-order valence-electron chi connectivity index (χ0n) is 13.0. The molecule has 0 aliphatic carbocycles. The quantitative estimate of drug-likeness (QED) is 0.632. The zero-order chi connectivity index (χ0) is 16.5. The summed E-state index contributed by atoms with van der Waals surface area (Å²) >= 11 is 6.07. The Bertz CT molecular complexity index is 832. The zero-order valence-corrected chi connectivity index (χ0v) is 13.7. The lowest BCUT2D eigenvalue weighted by Gasteiger charge is -2.33. The minimum Gasteiger partial charge on any atom is -0.363 e. The number of anilines is 1. The summed E-state index contributed by atoms with van der Waals surface area (Å²) in [5.74, 6) is 0.900. The summed E-state index contributed by atoms with van der Waals surface area (Å²) in [5, 5.41) is 0.484. The second-order valence-electron chi connectivity index (χ2n) is 5.86. The van der Waals surface area contributed by atoms with Gasteiger partial charge >= 0.3 is 0 Å². The monoisotopic (exact) mass is 337 g/mol. The minimum atomic E-state index is -0.0741. The molecule has 0 saturated carbocycles. The number of benzene rings is 1. The summed E-state index contributed by atoms with van der Waals surface area (Å²) in [6.07, 6.45) is 7.51. The van der Waals surface area contributed by atoms with E-state index >= 15 is 0 Å². The number of allylic oxidation sites excluding steroid dienone is 1. The van der Waals surface area contributed by atoms with Crippen LogP contribution in [0.4, 0.5) is 5.82 Å². The number of hydrogen-bond donors (Lipinski definition) is 0. The van der Waals surface area contributed by atoms with E-state index < -0.39 is 0 Å². The van der Waals surface area contributed by atoms with Crippen molar-refractivity contribution in [3.63, 3.8) is 0 Å². The fourth-order valence-corrected chi connectivity index (χ4v) is 3.37. The molecule has 0 radical (unpaired) electrons. The molecular formula is C19H16ClN3O. The van der Waals surface area contributed by atoms with Gasteiger partial charge in [0.2, 0.25) is 0 Å². The Balaban J connectivity index is 1.43. The minimum absolute atomic E-state index is 0.0741. The van der Waals surface area contributed by atoms with Crippen LogP contribution in [0.15, 0.2) is 72.7 Å². The van der Waals surface area contributed by atoms with Crippen molar-refractivity contribution < 1.29 is 4.79 Å². The summed E-state index contributed by atoms with van der Waals surface area (Å²) in [6, 6.07) is 13.3. The lowest BCUT2D eigenvalue weighted by Crippen LogP contribution is -2.41. The Labute approximate surface area is 145 Å². The number of ketones is 1. The maximum absolute atomic E-state index is 12.3. The highest BCUT2D eigenvalue weighted by Gasteiger charge is 2.35. The van der Waals surface area contributed by atoms with Crippen LogP contribution < -0.4 is 4.90 Å². The molecule has 4 nitrogen and oxygen atoms in total. The number of nitrogens with zero attached hydrogens (tertiary/aromatic N) is 3. The van der Waals surface area contributed by atoms with E-state index in [9.17, 15) is 4.79 Å².